The molecular formula is C54H37N3O. The average molecular weight is 744 g/mol. The number of nitrogens with zero attached hydrogens (tertiary/aromatic N) is 3. The summed E-state index contributed by atoms with van der Waals surface area (Å²) in [4.78, 5) is 15.6. The fourth-order valence-corrected chi connectivity index (χ4v) is 8.57. The van der Waals surface area contributed by atoms with Crippen LogP contribution in [0.15, 0.2) is 199 Å². The smallest absolute Gasteiger partial charge is 0.164 e. The van der Waals surface area contributed by atoms with Gasteiger partial charge in [-0.15, -0.1) is 0 Å². The number of allylic oxidation sites excluding steroid dienone is 4. The quantitative estimate of drug-likeness (QED) is 0.170. The molecule has 1 unspecified atom stereocenters. The van der Waals surface area contributed by atoms with Crippen LogP contribution >= 0.6 is 0 Å². The largest absolute Gasteiger partial charge is 0.455 e. The first kappa shape index (κ1) is 33.9. The molecule has 2 aromatic heterocycles. The highest BCUT2D eigenvalue weighted by Gasteiger charge is 2.25. The van der Waals surface area contributed by atoms with Crippen LogP contribution < -0.4 is 0 Å². The van der Waals surface area contributed by atoms with Gasteiger partial charge in [0.2, 0.25) is 0 Å². The van der Waals surface area contributed by atoms with E-state index in [1.807, 2.05) is 12.1 Å². The van der Waals surface area contributed by atoms with E-state index in [0.29, 0.717) is 17.5 Å². The summed E-state index contributed by atoms with van der Waals surface area (Å²) in [6.45, 7) is 2.29. The molecule has 10 aromatic rings. The van der Waals surface area contributed by atoms with Gasteiger partial charge >= 0.3 is 0 Å². The third-order valence-electron chi connectivity index (χ3n) is 11.8. The van der Waals surface area contributed by atoms with Gasteiger partial charge in [0.15, 0.2) is 17.5 Å². The number of rotatable bonds is 6. The van der Waals surface area contributed by atoms with Crippen LogP contribution in [-0.4, -0.2) is 15.0 Å². The van der Waals surface area contributed by atoms with Gasteiger partial charge in [-0.2, -0.15) is 0 Å². The number of hydrogen-bond donors (Lipinski definition) is 0. The highest BCUT2D eigenvalue weighted by atomic mass is 16.3. The van der Waals surface area contributed by atoms with Crippen molar-refractivity contribution in [2.45, 2.75) is 18.8 Å². The number of hydrogen-bond acceptors (Lipinski definition) is 4. The van der Waals surface area contributed by atoms with E-state index in [1.54, 1.807) is 0 Å². The molecule has 11 rings (SSSR count). The second-order valence-corrected chi connectivity index (χ2v) is 15.4. The van der Waals surface area contributed by atoms with Crippen LogP contribution in [0.25, 0.3) is 99.9 Å². The molecule has 2 heterocycles. The van der Waals surface area contributed by atoms with E-state index in [4.69, 9.17) is 19.4 Å². The van der Waals surface area contributed by atoms with E-state index in [9.17, 15) is 0 Å². The molecule has 0 aliphatic heterocycles. The molecule has 0 saturated heterocycles. The molecule has 0 N–H and O–H groups in total. The fourth-order valence-electron chi connectivity index (χ4n) is 8.57. The molecule has 58 heavy (non-hydrogen) atoms. The van der Waals surface area contributed by atoms with Gasteiger partial charge < -0.3 is 4.42 Å². The first-order valence-corrected chi connectivity index (χ1v) is 19.8. The molecule has 0 radical (unpaired) electrons. The van der Waals surface area contributed by atoms with Crippen molar-refractivity contribution in [3.05, 3.63) is 200 Å². The van der Waals surface area contributed by atoms with Gasteiger partial charge in [0.1, 0.15) is 11.2 Å². The minimum Gasteiger partial charge on any atom is -0.455 e. The molecule has 4 heteroatoms. The maximum Gasteiger partial charge on any atom is 0.164 e. The normalized spacial score (nSPS) is 15.2. The van der Waals surface area contributed by atoms with E-state index >= 15 is 0 Å². The minimum atomic E-state index is -0.0266. The molecule has 0 bridgehead atoms. The number of aromatic nitrogens is 3. The molecule has 1 aliphatic rings. The first-order valence-electron chi connectivity index (χ1n) is 19.8. The lowest BCUT2D eigenvalue weighted by Gasteiger charge is -2.27. The van der Waals surface area contributed by atoms with Crippen molar-refractivity contribution in [2.75, 3.05) is 0 Å². The lowest BCUT2D eigenvalue weighted by atomic mass is 9.77. The molecule has 1 atom stereocenters. The molecule has 0 spiro atoms. The Labute approximate surface area is 336 Å². The van der Waals surface area contributed by atoms with Crippen molar-refractivity contribution >= 4 is 43.5 Å². The molecule has 8 aromatic carbocycles. The summed E-state index contributed by atoms with van der Waals surface area (Å²) < 4.78 is 6.74. The van der Waals surface area contributed by atoms with Crippen molar-refractivity contribution in [3.63, 3.8) is 0 Å². The van der Waals surface area contributed by atoms with Crippen LogP contribution in [0.3, 0.4) is 0 Å². The van der Waals surface area contributed by atoms with Crippen LogP contribution in [0.2, 0.25) is 0 Å². The second-order valence-electron chi connectivity index (χ2n) is 15.4. The van der Waals surface area contributed by atoms with Gasteiger partial charge in [0.25, 0.3) is 0 Å². The van der Waals surface area contributed by atoms with Crippen molar-refractivity contribution in [1.82, 2.24) is 15.0 Å². The van der Waals surface area contributed by atoms with Gasteiger partial charge in [-0.05, 0) is 74.5 Å². The minimum absolute atomic E-state index is 0.0266. The molecule has 0 saturated carbocycles. The van der Waals surface area contributed by atoms with E-state index < -0.39 is 0 Å². The molecule has 0 fully saturated rings. The highest BCUT2D eigenvalue weighted by Crippen LogP contribution is 2.42. The topological polar surface area (TPSA) is 51.8 Å². The fraction of sp³-hybridized carbons (Fsp3) is 0.0556. The van der Waals surface area contributed by atoms with Crippen LogP contribution in [0.1, 0.15) is 18.9 Å². The number of benzene rings is 8. The first-order chi connectivity index (χ1) is 28.6. The summed E-state index contributed by atoms with van der Waals surface area (Å²) >= 11 is 0. The Morgan fingerprint density at radius 2 is 1.09 bits per heavy atom. The average Bonchev–Trinajstić information content (AvgIpc) is 3.68. The van der Waals surface area contributed by atoms with Gasteiger partial charge in [-0.25, -0.2) is 15.0 Å². The van der Waals surface area contributed by atoms with Gasteiger partial charge in [0, 0.05) is 38.4 Å². The van der Waals surface area contributed by atoms with Crippen molar-refractivity contribution in [1.29, 1.82) is 0 Å². The summed E-state index contributed by atoms with van der Waals surface area (Å²) in [7, 11) is 0. The van der Waals surface area contributed by atoms with E-state index in [-0.39, 0.29) is 5.41 Å². The Morgan fingerprint density at radius 3 is 1.90 bits per heavy atom. The van der Waals surface area contributed by atoms with E-state index in [0.717, 1.165) is 67.1 Å². The Morgan fingerprint density at radius 1 is 0.466 bits per heavy atom. The van der Waals surface area contributed by atoms with Crippen LogP contribution in [-0.2, 0) is 5.41 Å². The predicted octanol–water partition coefficient (Wildman–Crippen LogP) is 14.2. The van der Waals surface area contributed by atoms with Crippen LogP contribution in [0, 0.1) is 0 Å². The van der Waals surface area contributed by atoms with Gasteiger partial charge in [-0.1, -0.05) is 177 Å². The molecule has 1 aliphatic carbocycles. The SMILES string of the molecule is CC1(c2ccc(-c3ccc(-c4nc(-c5ccc(-c6cccc7ccccc67)cc5)nc(-c5ccc6ccccc6c5)n4)c4c3oc3ccccc34)cc2)C=CC=CC1. The third kappa shape index (κ3) is 5.81. The van der Waals surface area contributed by atoms with Crippen LogP contribution in [0.5, 0.6) is 0 Å². The Kier molecular flexibility index (Phi) is 7.97. The number of furan rings is 1. The molecule has 274 valence electrons. The zero-order valence-corrected chi connectivity index (χ0v) is 31.9. The standard InChI is InChI=1S/C54H37N3O/c1-54(32-9-2-10-33-54)42-28-26-38(27-29-42)45-30-31-47(49-46-17-7-8-19-48(46)58-50(45)49)53-56-51(55-52(57-53)41-25-20-35-12-3-4-14-40(35)34-41)39-23-21-37(22-24-39)44-18-11-15-36-13-5-6-16-43(36)44/h2-32,34H,33H2,1H3. The summed E-state index contributed by atoms with van der Waals surface area (Å²) in [6, 6.07) is 59.8. The van der Waals surface area contributed by atoms with Crippen molar-refractivity contribution in [3.8, 4) is 56.4 Å². The molecule has 0 amide bonds. The summed E-state index contributed by atoms with van der Waals surface area (Å²) in [5, 5.41) is 6.75. The lowest BCUT2D eigenvalue weighted by molar-refractivity contribution is 0.600. The van der Waals surface area contributed by atoms with E-state index in [2.05, 4.69) is 189 Å². The van der Waals surface area contributed by atoms with Crippen molar-refractivity contribution < 1.29 is 4.42 Å². The third-order valence-corrected chi connectivity index (χ3v) is 11.8. The lowest BCUT2D eigenvalue weighted by Crippen LogP contribution is -2.19. The highest BCUT2D eigenvalue weighted by molar-refractivity contribution is 6.15. The van der Waals surface area contributed by atoms with E-state index in [1.165, 1.54) is 27.3 Å². The zero-order valence-electron chi connectivity index (χ0n) is 31.9. The Balaban J connectivity index is 1.08. The van der Waals surface area contributed by atoms with Gasteiger partial charge in [0.05, 0.1) is 0 Å². The van der Waals surface area contributed by atoms with Crippen molar-refractivity contribution in [2.24, 2.45) is 0 Å². The number of fused-ring (bicyclic) bond motifs is 5. The van der Waals surface area contributed by atoms with Crippen LogP contribution in [0.4, 0.5) is 0 Å². The molecule has 4 nitrogen and oxygen atoms in total. The number of para-hydroxylation sites is 1. The monoisotopic (exact) mass is 743 g/mol. The maximum atomic E-state index is 6.74. The summed E-state index contributed by atoms with van der Waals surface area (Å²) in [5.74, 6) is 1.82. The molecular weight excluding hydrogens is 707 g/mol. The summed E-state index contributed by atoms with van der Waals surface area (Å²) in [6.07, 6.45) is 9.79. The van der Waals surface area contributed by atoms with Gasteiger partial charge in [-0.3, -0.25) is 0 Å². The second kappa shape index (κ2) is 13.6. The maximum absolute atomic E-state index is 6.74. The Bertz CT molecular complexity index is 3260. The predicted molar refractivity (Wildman–Crippen MR) is 240 cm³/mol. The Hall–Kier alpha value is -7.43. The zero-order chi connectivity index (χ0) is 38.6. The summed E-state index contributed by atoms with van der Waals surface area (Å²) in [5.41, 5.74) is 10.1.